The Morgan fingerprint density at radius 1 is 1.42 bits per heavy atom. The molecule has 0 aromatic heterocycles. The summed E-state index contributed by atoms with van der Waals surface area (Å²) >= 11 is 0. The molecule has 3 rings (SSSR count). The highest BCUT2D eigenvalue weighted by Crippen LogP contribution is 2.39. The van der Waals surface area contributed by atoms with E-state index in [1.807, 2.05) is 0 Å². The highest BCUT2D eigenvalue weighted by Gasteiger charge is 2.53. The molecule has 3 aliphatic rings. The molecule has 3 atom stereocenters. The molecule has 3 unspecified atom stereocenters. The monoisotopic (exact) mass is 270 g/mol. The average molecular weight is 270 g/mol. The van der Waals surface area contributed by atoms with Crippen molar-refractivity contribution in [3.8, 4) is 0 Å². The second-order valence-corrected chi connectivity index (χ2v) is 5.61. The summed E-state index contributed by atoms with van der Waals surface area (Å²) < 4.78 is 11.6. The van der Waals surface area contributed by atoms with Crippen LogP contribution in [0, 0.1) is 16.0 Å². The molecule has 1 saturated heterocycles. The van der Waals surface area contributed by atoms with E-state index >= 15 is 0 Å². The van der Waals surface area contributed by atoms with Gasteiger partial charge < -0.3 is 14.8 Å². The number of nitrogens with zero attached hydrogens (tertiary/aromatic N) is 1. The van der Waals surface area contributed by atoms with Crippen LogP contribution in [0.3, 0.4) is 0 Å². The molecule has 3 fully saturated rings. The van der Waals surface area contributed by atoms with Gasteiger partial charge in [-0.05, 0) is 12.8 Å². The molecule has 7 nitrogen and oxygen atoms in total. The molecule has 19 heavy (non-hydrogen) atoms. The summed E-state index contributed by atoms with van der Waals surface area (Å²) in [6.45, 7) is 0.866. The Hall–Kier alpha value is -1.21. The third kappa shape index (κ3) is 2.57. The normalized spacial score (nSPS) is 35.5. The fourth-order valence-electron chi connectivity index (χ4n) is 2.93. The molecular formula is C12H18N2O5. The van der Waals surface area contributed by atoms with Crippen molar-refractivity contribution in [1.82, 2.24) is 5.32 Å². The van der Waals surface area contributed by atoms with E-state index in [0.717, 1.165) is 25.7 Å². The summed E-state index contributed by atoms with van der Waals surface area (Å²) in [6, 6.07) is -0.693. The molecule has 0 radical (unpaired) electrons. The predicted molar refractivity (Wildman–Crippen MR) is 63.9 cm³/mol. The molecule has 2 saturated carbocycles. The van der Waals surface area contributed by atoms with Gasteiger partial charge >= 0.3 is 0 Å². The van der Waals surface area contributed by atoms with Crippen LogP contribution in [-0.4, -0.2) is 41.9 Å². The predicted octanol–water partition coefficient (Wildman–Crippen LogP) is 0.453. The number of ether oxygens (including phenoxy) is 2. The van der Waals surface area contributed by atoms with Crippen LogP contribution in [0.2, 0.25) is 0 Å². The summed E-state index contributed by atoms with van der Waals surface area (Å²) in [5.41, 5.74) is 0. The first-order valence-corrected chi connectivity index (χ1v) is 6.83. The van der Waals surface area contributed by atoms with E-state index < -0.39 is 17.7 Å². The zero-order valence-electron chi connectivity index (χ0n) is 10.7. The molecule has 106 valence electrons. The Bertz CT molecular complexity index is 394. The van der Waals surface area contributed by atoms with Gasteiger partial charge in [0.15, 0.2) is 5.79 Å². The maximum Gasteiger partial charge on any atom is 0.230 e. The summed E-state index contributed by atoms with van der Waals surface area (Å²) in [7, 11) is 0. The Morgan fingerprint density at radius 2 is 2.16 bits per heavy atom. The van der Waals surface area contributed by atoms with Gasteiger partial charge in [-0.2, -0.15) is 0 Å². The molecule has 1 spiro atoms. The van der Waals surface area contributed by atoms with Gasteiger partial charge in [0.2, 0.25) is 11.9 Å². The van der Waals surface area contributed by atoms with E-state index in [9.17, 15) is 14.9 Å². The summed E-state index contributed by atoms with van der Waals surface area (Å²) in [6.07, 6.45) is 4.30. The van der Waals surface area contributed by atoms with E-state index in [1.165, 1.54) is 0 Å². The van der Waals surface area contributed by atoms with Crippen molar-refractivity contribution in [2.24, 2.45) is 5.92 Å². The van der Waals surface area contributed by atoms with Crippen molar-refractivity contribution in [3.05, 3.63) is 10.1 Å². The van der Waals surface area contributed by atoms with Crippen LogP contribution in [0.15, 0.2) is 0 Å². The van der Waals surface area contributed by atoms with Crippen molar-refractivity contribution >= 4 is 5.91 Å². The van der Waals surface area contributed by atoms with Gasteiger partial charge in [0.25, 0.3) is 0 Å². The number of hydrogen-bond acceptors (Lipinski definition) is 5. The number of nitro groups is 1. The van der Waals surface area contributed by atoms with Gasteiger partial charge in [-0.3, -0.25) is 14.9 Å². The minimum Gasteiger partial charge on any atom is -0.353 e. The first-order valence-electron chi connectivity index (χ1n) is 6.83. The van der Waals surface area contributed by atoms with Crippen LogP contribution in [0.5, 0.6) is 0 Å². The first-order chi connectivity index (χ1) is 9.10. The fourth-order valence-corrected chi connectivity index (χ4v) is 2.93. The molecule has 0 aromatic carbocycles. The zero-order valence-corrected chi connectivity index (χ0v) is 10.7. The number of carbonyl (C=O) groups excluding carboxylic acids is 1. The quantitative estimate of drug-likeness (QED) is 0.591. The molecule has 1 aliphatic heterocycles. The van der Waals surface area contributed by atoms with E-state index in [2.05, 4.69) is 5.32 Å². The van der Waals surface area contributed by atoms with E-state index in [-0.39, 0.29) is 16.9 Å². The molecule has 1 heterocycles. The molecular weight excluding hydrogens is 252 g/mol. The van der Waals surface area contributed by atoms with Crippen molar-refractivity contribution in [2.75, 3.05) is 13.2 Å². The minimum atomic E-state index is -0.693. The Kier molecular flexibility index (Phi) is 3.18. The van der Waals surface area contributed by atoms with E-state index in [1.54, 1.807) is 0 Å². The topological polar surface area (TPSA) is 90.7 Å². The standard InChI is InChI=1S/C12H18N2O5/c15-11(9-5-10(9)14(16)17)13-6-8-7-18-12(19-8)3-1-2-4-12/h8-10H,1-7H2,(H,13,15). The SMILES string of the molecule is O=C(NCC1COC2(CCCC2)O1)C1CC1[N+](=O)[O-]. The summed E-state index contributed by atoms with van der Waals surface area (Å²) in [4.78, 5) is 21.8. The van der Waals surface area contributed by atoms with Gasteiger partial charge in [-0.15, -0.1) is 0 Å². The second-order valence-electron chi connectivity index (χ2n) is 5.61. The molecule has 2 aliphatic carbocycles. The van der Waals surface area contributed by atoms with Crippen molar-refractivity contribution in [3.63, 3.8) is 0 Å². The lowest BCUT2D eigenvalue weighted by Crippen LogP contribution is -2.36. The lowest BCUT2D eigenvalue weighted by Gasteiger charge is -2.21. The molecule has 0 aromatic rings. The number of amides is 1. The van der Waals surface area contributed by atoms with Crippen molar-refractivity contribution in [1.29, 1.82) is 0 Å². The summed E-state index contributed by atoms with van der Waals surface area (Å²) in [5.74, 6) is -1.12. The third-order valence-corrected chi connectivity index (χ3v) is 4.15. The van der Waals surface area contributed by atoms with Crippen molar-refractivity contribution < 1.29 is 19.2 Å². The lowest BCUT2D eigenvalue weighted by molar-refractivity contribution is -0.497. The van der Waals surface area contributed by atoms with Gasteiger partial charge in [0.1, 0.15) is 12.0 Å². The molecule has 0 bridgehead atoms. The van der Waals surface area contributed by atoms with Crippen LogP contribution in [0.4, 0.5) is 0 Å². The fraction of sp³-hybridized carbons (Fsp3) is 0.917. The van der Waals surface area contributed by atoms with Crippen molar-refractivity contribution in [2.45, 2.75) is 50.0 Å². The number of carbonyl (C=O) groups is 1. The van der Waals surface area contributed by atoms with Crippen LogP contribution in [0.25, 0.3) is 0 Å². The lowest BCUT2D eigenvalue weighted by atomic mass is 10.2. The van der Waals surface area contributed by atoms with Crippen LogP contribution in [0.1, 0.15) is 32.1 Å². The average Bonchev–Trinajstić information content (AvgIpc) is 2.92. The maximum absolute atomic E-state index is 11.7. The minimum absolute atomic E-state index is 0.130. The van der Waals surface area contributed by atoms with Gasteiger partial charge in [-0.25, -0.2) is 0 Å². The number of hydrogen-bond donors (Lipinski definition) is 1. The number of nitrogens with one attached hydrogen (secondary N) is 1. The first kappa shape index (κ1) is 12.8. The second kappa shape index (κ2) is 4.72. The number of rotatable bonds is 4. The van der Waals surface area contributed by atoms with Gasteiger partial charge in [-0.1, -0.05) is 0 Å². The zero-order chi connectivity index (χ0) is 13.5. The highest BCUT2D eigenvalue weighted by atomic mass is 16.7. The highest BCUT2D eigenvalue weighted by molar-refractivity contribution is 5.81. The van der Waals surface area contributed by atoms with E-state index in [0.29, 0.717) is 19.6 Å². The van der Waals surface area contributed by atoms with Crippen LogP contribution >= 0.6 is 0 Å². The maximum atomic E-state index is 11.7. The van der Waals surface area contributed by atoms with Gasteiger partial charge in [0, 0.05) is 30.7 Å². The smallest absolute Gasteiger partial charge is 0.230 e. The third-order valence-electron chi connectivity index (χ3n) is 4.15. The Balaban J connectivity index is 1.41. The van der Waals surface area contributed by atoms with Gasteiger partial charge in [0.05, 0.1) is 6.61 Å². The largest absolute Gasteiger partial charge is 0.353 e. The van der Waals surface area contributed by atoms with Crippen LogP contribution < -0.4 is 5.32 Å². The van der Waals surface area contributed by atoms with E-state index in [4.69, 9.17) is 9.47 Å². The molecule has 1 N–H and O–H groups in total. The Morgan fingerprint density at radius 3 is 2.79 bits per heavy atom. The Labute approximate surface area is 110 Å². The van der Waals surface area contributed by atoms with Crippen LogP contribution in [-0.2, 0) is 14.3 Å². The molecule has 1 amide bonds. The molecule has 7 heteroatoms. The summed E-state index contributed by atoms with van der Waals surface area (Å²) in [5, 5.41) is 13.2.